The van der Waals surface area contributed by atoms with E-state index in [2.05, 4.69) is 21.2 Å². The van der Waals surface area contributed by atoms with Gasteiger partial charge in [-0.1, -0.05) is 22.4 Å². The zero-order valence-electron chi connectivity index (χ0n) is 17.4. The third-order valence-corrected chi connectivity index (χ3v) is 7.53. The van der Waals surface area contributed by atoms with Gasteiger partial charge < -0.3 is 10.1 Å². The van der Waals surface area contributed by atoms with Crippen LogP contribution in [0.1, 0.15) is 37.3 Å². The van der Waals surface area contributed by atoms with Gasteiger partial charge in [-0.05, 0) is 81.1 Å². The number of nitrogens with zero attached hydrogens (tertiary/aromatic N) is 1. The van der Waals surface area contributed by atoms with E-state index in [1.54, 1.807) is 19.1 Å². The van der Waals surface area contributed by atoms with Gasteiger partial charge in [-0.25, -0.2) is 8.42 Å². The van der Waals surface area contributed by atoms with Gasteiger partial charge in [0.2, 0.25) is 10.0 Å². The number of benzene rings is 2. The molecular weight excluding hydrogens is 468 g/mol. The van der Waals surface area contributed by atoms with Crippen molar-refractivity contribution in [2.24, 2.45) is 0 Å². The topological polar surface area (TPSA) is 75.7 Å². The van der Waals surface area contributed by atoms with Gasteiger partial charge in [0.1, 0.15) is 5.75 Å². The van der Waals surface area contributed by atoms with Gasteiger partial charge in [0, 0.05) is 23.2 Å². The number of nitrogens with one attached hydrogen (secondary N) is 1. The Morgan fingerprint density at radius 2 is 1.63 bits per heavy atom. The fourth-order valence-electron chi connectivity index (χ4n) is 3.52. The predicted octanol–water partition coefficient (Wildman–Crippen LogP) is 4.65. The number of sulfonamides is 1. The molecule has 1 heterocycles. The third-order valence-electron chi connectivity index (χ3n) is 5.16. The molecule has 1 N–H and O–H groups in total. The Morgan fingerprint density at radius 1 is 1.07 bits per heavy atom. The number of hydrogen-bond acceptors (Lipinski definition) is 4. The van der Waals surface area contributed by atoms with Crippen LogP contribution in [0.2, 0.25) is 0 Å². The number of ether oxygens (including phenoxy) is 1. The lowest BCUT2D eigenvalue weighted by Crippen LogP contribution is -2.35. The Hall–Kier alpha value is -1.90. The zero-order chi connectivity index (χ0) is 21.9. The Balaban J connectivity index is 1.65. The average Bonchev–Trinajstić information content (AvgIpc) is 2.71. The zero-order valence-corrected chi connectivity index (χ0v) is 19.8. The first-order valence-corrected chi connectivity index (χ1v) is 12.3. The van der Waals surface area contributed by atoms with Crippen molar-refractivity contribution in [3.63, 3.8) is 0 Å². The summed E-state index contributed by atoms with van der Waals surface area (Å²) >= 11 is 3.45. The summed E-state index contributed by atoms with van der Waals surface area (Å²) in [6, 6.07) is 10.2. The van der Waals surface area contributed by atoms with Crippen LogP contribution in [0.25, 0.3) is 0 Å². The van der Waals surface area contributed by atoms with E-state index in [-0.39, 0.29) is 10.8 Å². The highest BCUT2D eigenvalue weighted by atomic mass is 79.9. The second kappa shape index (κ2) is 9.49. The van der Waals surface area contributed by atoms with E-state index in [1.165, 1.54) is 16.4 Å². The molecule has 1 amide bonds. The summed E-state index contributed by atoms with van der Waals surface area (Å²) in [4.78, 5) is 12.8. The molecule has 2 aromatic carbocycles. The van der Waals surface area contributed by atoms with Crippen molar-refractivity contribution in [3.05, 3.63) is 52.0 Å². The van der Waals surface area contributed by atoms with Gasteiger partial charge >= 0.3 is 0 Å². The normalized spacial score (nSPS) is 16.1. The van der Waals surface area contributed by atoms with Crippen LogP contribution >= 0.6 is 15.9 Å². The molecule has 0 bridgehead atoms. The Bertz CT molecular complexity index is 993. The van der Waals surface area contributed by atoms with Crippen molar-refractivity contribution < 1.29 is 17.9 Å². The van der Waals surface area contributed by atoms with Gasteiger partial charge in [-0.2, -0.15) is 4.31 Å². The summed E-state index contributed by atoms with van der Waals surface area (Å²) < 4.78 is 33.8. The van der Waals surface area contributed by atoms with Crippen molar-refractivity contribution >= 4 is 37.5 Å². The van der Waals surface area contributed by atoms with Crippen LogP contribution < -0.4 is 10.1 Å². The highest BCUT2D eigenvalue weighted by Crippen LogP contribution is 2.28. The number of rotatable bonds is 6. The summed E-state index contributed by atoms with van der Waals surface area (Å²) in [5.41, 5.74) is 2.40. The molecule has 162 valence electrons. The number of carbonyl (C=O) groups is 1. The van der Waals surface area contributed by atoms with E-state index in [1.807, 2.05) is 26.0 Å². The summed E-state index contributed by atoms with van der Waals surface area (Å²) in [6.45, 7) is 6.67. The monoisotopic (exact) mass is 494 g/mol. The predicted molar refractivity (Wildman–Crippen MR) is 121 cm³/mol. The smallest absolute Gasteiger partial charge is 0.265 e. The Morgan fingerprint density at radius 3 is 2.20 bits per heavy atom. The summed E-state index contributed by atoms with van der Waals surface area (Å²) in [7, 11) is -3.49. The van der Waals surface area contributed by atoms with Crippen LogP contribution in [0.4, 0.5) is 5.69 Å². The van der Waals surface area contributed by atoms with E-state index >= 15 is 0 Å². The molecular formula is C22H27BrN2O4S. The minimum absolute atomic E-state index is 0.243. The molecule has 0 aromatic heterocycles. The van der Waals surface area contributed by atoms with Crippen molar-refractivity contribution in [1.82, 2.24) is 4.31 Å². The van der Waals surface area contributed by atoms with Crippen LogP contribution in [0.15, 0.2) is 45.8 Å². The molecule has 0 spiro atoms. The second-order valence-electron chi connectivity index (χ2n) is 7.61. The fourth-order valence-corrected chi connectivity index (χ4v) is 5.73. The number of piperidine rings is 1. The third kappa shape index (κ3) is 5.22. The fraction of sp³-hybridized carbons (Fsp3) is 0.409. The average molecular weight is 495 g/mol. The van der Waals surface area contributed by atoms with Crippen molar-refractivity contribution in [2.45, 2.75) is 51.0 Å². The van der Waals surface area contributed by atoms with E-state index < -0.39 is 16.1 Å². The molecule has 1 aliphatic heterocycles. The molecule has 8 heteroatoms. The molecule has 6 nitrogen and oxygen atoms in total. The largest absolute Gasteiger partial charge is 0.480 e. The van der Waals surface area contributed by atoms with Gasteiger partial charge in [-0.3, -0.25) is 4.79 Å². The summed E-state index contributed by atoms with van der Waals surface area (Å²) in [6.07, 6.45) is 2.14. The number of anilines is 1. The van der Waals surface area contributed by atoms with E-state index in [9.17, 15) is 13.2 Å². The number of halogens is 1. The van der Waals surface area contributed by atoms with Crippen molar-refractivity contribution in [1.29, 1.82) is 0 Å². The summed E-state index contributed by atoms with van der Waals surface area (Å²) in [5.74, 6) is 0.382. The maximum Gasteiger partial charge on any atom is 0.265 e. The van der Waals surface area contributed by atoms with Gasteiger partial charge in [0.15, 0.2) is 6.10 Å². The molecule has 3 rings (SSSR count). The van der Waals surface area contributed by atoms with Crippen LogP contribution in [0, 0.1) is 13.8 Å². The van der Waals surface area contributed by atoms with E-state index in [0.29, 0.717) is 24.5 Å². The minimum atomic E-state index is -3.49. The highest BCUT2D eigenvalue weighted by molar-refractivity contribution is 9.10. The van der Waals surface area contributed by atoms with Gasteiger partial charge in [-0.15, -0.1) is 0 Å². The maximum atomic E-state index is 12.7. The van der Waals surface area contributed by atoms with Crippen molar-refractivity contribution in [2.75, 3.05) is 18.4 Å². The van der Waals surface area contributed by atoms with Gasteiger partial charge in [0.25, 0.3) is 5.91 Å². The quantitative estimate of drug-likeness (QED) is 0.634. The summed E-state index contributed by atoms with van der Waals surface area (Å²) in [5, 5.41) is 2.79. The molecule has 1 fully saturated rings. The van der Waals surface area contributed by atoms with E-state index in [0.717, 1.165) is 34.9 Å². The van der Waals surface area contributed by atoms with E-state index in [4.69, 9.17) is 4.74 Å². The minimum Gasteiger partial charge on any atom is -0.480 e. The Labute approximate surface area is 186 Å². The van der Waals surface area contributed by atoms with Crippen molar-refractivity contribution in [3.8, 4) is 5.75 Å². The number of carbonyl (C=O) groups excluding carboxylic acids is 1. The molecule has 1 saturated heterocycles. The van der Waals surface area contributed by atoms with Gasteiger partial charge in [0.05, 0.1) is 4.90 Å². The first-order chi connectivity index (χ1) is 14.2. The molecule has 1 aliphatic rings. The molecule has 0 saturated carbocycles. The van der Waals surface area contributed by atoms with Crippen LogP contribution in [-0.4, -0.2) is 37.8 Å². The SMILES string of the molecule is Cc1cc(Br)cc(C)c1OC(C)C(=O)Nc1ccc(S(=O)(=O)N2CCCCC2)cc1. The number of hydrogen-bond donors (Lipinski definition) is 1. The first kappa shape index (κ1) is 22.8. The molecule has 0 radical (unpaired) electrons. The molecule has 30 heavy (non-hydrogen) atoms. The standard InChI is InChI=1S/C22H27BrN2O4S/c1-15-13-18(23)14-16(2)21(15)29-17(3)22(26)24-19-7-9-20(10-8-19)30(27,28)25-11-5-4-6-12-25/h7-10,13-14,17H,4-6,11-12H2,1-3H3,(H,24,26). The molecule has 1 atom stereocenters. The molecule has 1 unspecified atom stereocenters. The second-order valence-corrected chi connectivity index (χ2v) is 10.5. The number of amides is 1. The highest BCUT2D eigenvalue weighted by Gasteiger charge is 2.26. The Kier molecular flexibility index (Phi) is 7.21. The lowest BCUT2D eigenvalue weighted by Gasteiger charge is -2.25. The van der Waals surface area contributed by atoms with Crippen LogP contribution in [0.5, 0.6) is 5.75 Å². The number of aryl methyl sites for hydroxylation is 2. The first-order valence-electron chi connectivity index (χ1n) is 10.0. The molecule has 2 aromatic rings. The molecule has 0 aliphatic carbocycles. The maximum absolute atomic E-state index is 12.7. The van der Waals surface area contributed by atoms with Crippen LogP contribution in [-0.2, 0) is 14.8 Å². The lowest BCUT2D eigenvalue weighted by molar-refractivity contribution is -0.122. The van der Waals surface area contributed by atoms with Crippen LogP contribution in [0.3, 0.4) is 0 Å². The lowest BCUT2D eigenvalue weighted by atomic mass is 10.1.